The highest BCUT2D eigenvalue weighted by Gasteiger charge is 2.17. The Balaban J connectivity index is 1.68. The molecule has 3 rings (SSSR count). The van der Waals surface area contributed by atoms with Gasteiger partial charge in [0.15, 0.2) is 11.5 Å². The second-order valence-corrected chi connectivity index (χ2v) is 6.62. The molecule has 0 bridgehead atoms. The molecule has 0 radical (unpaired) electrons. The van der Waals surface area contributed by atoms with Gasteiger partial charge in [0.05, 0.1) is 11.0 Å². The average molecular weight is 439 g/mol. The number of nitrogens with one attached hydrogen (secondary N) is 2. The molecule has 0 saturated carbocycles. The Labute approximate surface area is 149 Å². The van der Waals surface area contributed by atoms with Crippen molar-refractivity contribution in [3.05, 3.63) is 62.4 Å². The number of H-pyrrole nitrogens is 1. The van der Waals surface area contributed by atoms with Crippen molar-refractivity contribution >= 4 is 43.6 Å². The molecule has 0 aliphatic rings. The third-order valence-electron chi connectivity index (χ3n) is 3.23. The van der Waals surface area contributed by atoms with Crippen molar-refractivity contribution in [1.29, 1.82) is 0 Å². The molecular weight excluding hydrogens is 426 g/mol. The van der Waals surface area contributed by atoms with Gasteiger partial charge in [-0.25, -0.2) is 0 Å². The summed E-state index contributed by atoms with van der Waals surface area (Å²) < 4.78 is 2.97. The number of halogens is 2. The number of amides is 1. The van der Waals surface area contributed by atoms with Crippen LogP contribution >= 0.6 is 31.9 Å². The van der Waals surface area contributed by atoms with Crippen molar-refractivity contribution in [3.8, 4) is 0 Å². The number of carbonyl (C=O) groups is 1. The van der Waals surface area contributed by atoms with E-state index in [0.717, 1.165) is 5.56 Å². The van der Waals surface area contributed by atoms with E-state index in [1.165, 1.54) is 5.56 Å². The summed E-state index contributed by atoms with van der Waals surface area (Å²) in [5.74, 6) is 0.146. The number of aromatic nitrogens is 4. The largest absolute Gasteiger partial charge is 0.304 e. The van der Waals surface area contributed by atoms with Gasteiger partial charge in [-0.3, -0.25) is 14.6 Å². The Kier molecular flexibility index (Phi) is 4.63. The van der Waals surface area contributed by atoms with Crippen LogP contribution in [0.5, 0.6) is 0 Å². The lowest BCUT2D eigenvalue weighted by Crippen LogP contribution is -2.14. The van der Waals surface area contributed by atoms with Gasteiger partial charge in [-0.1, -0.05) is 29.8 Å². The number of benzene rings is 1. The first-order valence-electron chi connectivity index (χ1n) is 6.82. The third-order valence-corrected chi connectivity index (χ3v) is 5.11. The summed E-state index contributed by atoms with van der Waals surface area (Å²) in [5, 5.41) is 13.7. The molecule has 0 spiro atoms. The lowest BCUT2D eigenvalue weighted by atomic mass is 10.1. The highest BCUT2D eigenvalue weighted by atomic mass is 79.9. The van der Waals surface area contributed by atoms with Crippen molar-refractivity contribution < 1.29 is 4.79 Å². The Morgan fingerprint density at radius 2 is 2.00 bits per heavy atom. The number of nitrogens with zero attached hydrogens (tertiary/aromatic N) is 3. The Hall–Kier alpha value is -1.93. The van der Waals surface area contributed by atoms with Gasteiger partial charge in [0.1, 0.15) is 4.60 Å². The Morgan fingerprint density at radius 3 is 2.65 bits per heavy atom. The van der Waals surface area contributed by atoms with Gasteiger partial charge in [-0.05, 0) is 44.3 Å². The Bertz CT molecular complexity index is 838. The predicted molar refractivity (Wildman–Crippen MR) is 94.4 cm³/mol. The maximum Gasteiger partial charge on any atom is 0.278 e. The molecule has 23 heavy (non-hydrogen) atoms. The summed E-state index contributed by atoms with van der Waals surface area (Å²) in [5.41, 5.74) is 2.64. The van der Waals surface area contributed by atoms with Crippen LogP contribution in [0, 0.1) is 6.92 Å². The predicted octanol–water partition coefficient (Wildman–Crippen LogP) is 3.74. The summed E-state index contributed by atoms with van der Waals surface area (Å²) in [6.45, 7) is 2.70. The molecule has 2 N–H and O–H groups in total. The van der Waals surface area contributed by atoms with E-state index in [9.17, 15) is 4.79 Å². The quantitative estimate of drug-likeness (QED) is 0.651. The number of hydrogen-bond acceptors (Lipinski definition) is 3. The fraction of sp³-hybridized carbons (Fsp3) is 0.133. The molecule has 118 valence electrons. The number of aryl methyl sites for hydroxylation is 1. The van der Waals surface area contributed by atoms with E-state index < -0.39 is 0 Å². The molecule has 1 amide bonds. The zero-order chi connectivity index (χ0) is 16.4. The van der Waals surface area contributed by atoms with Crippen LogP contribution < -0.4 is 5.32 Å². The van der Waals surface area contributed by atoms with Crippen LogP contribution in [0.4, 0.5) is 5.82 Å². The summed E-state index contributed by atoms with van der Waals surface area (Å²) in [6.07, 6.45) is 1.82. The molecule has 3 aromatic rings. The van der Waals surface area contributed by atoms with E-state index in [2.05, 4.69) is 83.7 Å². The highest BCUT2D eigenvalue weighted by Crippen LogP contribution is 2.24. The number of aromatic amines is 1. The van der Waals surface area contributed by atoms with Crippen LogP contribution in [0.15, 0.2) is 45.6 Å². The van der Waals surface area contributed by atoms with Crippen LogP contribution in [0.3, 0.4) is 0 Å². The maximum atomic E-state index is 12.2. The van der Waals surface area contributed by atoms with Crippen LogP contribution in [0.25, 0.3) is 0 Å². The standard InChI is InChI=1S/C15H13Br2N5O/c1-9-2-4-10(5-3-9)8-22-7-6-11(21-22)18-15(23)13-12(16)14(17)20-19-13/h2-7H,8H2,1H3,(H,19,20)(H,18,21,23). The van der Waals surface area contributed by atoms with E-state index in [1.54, 1.807) is 10.7 Å². The zero-order valence-corrected chi connectivity index (χ0v) is 15.3. The van der Waals surface area contributed by atoms with Crippen molar-refractivity contribution in [2.75, 3.05) is 5.32 Å². The third kappa shape index (κ3) is 3.70. The zero-order valence-electron chi connectivity index (χ0n) is 12.2. The minimum absolute atomic E-state index is 0.268. The molecule has 2 aromatic heterocycles. The molecular formula is C15H13Br2N5O. The molecule has 0 aliphatic heterocycles. The summed E-state index contributed by atoms with van der Waals surface area (Å²) >= 11 is 6.54. The van der Waals surface area contributed by atoms with Crippen LogP contribution in [0.2, 0.25) is 0 Å². The summed E-state index contributed by atoms with van der Waals surface area (Å²) in [4.78, 5) is 12.2. The van der Waals surface area contributed by atoms with Gasteiger partial charge in [-0.2, -0.15) is 10.2 Å². The maximum absolute atomic E-state index is 12.2. The van der Waals surface area contributed by atoms with Gasteiger partial charge < -0.3 is 5.32 Å². The molecule has 0 aliphatic carbocycles. The van der Waals surface area contributed by atoms with Crippen molar-refractivity contribution in [2.45, 2.75) is 13.5 Å². The van der Waals surface area contributed by atoms with Crippen molar-refractivity contribution in [1.82, 2.24) is 20.0 Å². The number of anilines is 1. The van der Waals surface area contributed by atoms with Gasteiger partial charge in [-0.15, -0.1) is 0 Å². The van der Waals surface area contributed by atoms with Gasteiger partial charge in [0.2, 0.25) is 0 Å². The minimum atomic E-state index is -0.334. The molecule has 0 atom stereocenters. The fourth-order valence-electron chi connectivity index (χ4n) is 2.03. The molecule has 0 fully saturated rings. The summed E-state index contributed by atoms with van der Waals surface area (Å²) in [6, 6.07) is 10.0. The van der Waals surface area contributed by atoms with Gasteiger partial charge >= 0.3 is 0 Å². The lowest BCUT2D eigenvalue weighted by Gasteiger charge is -2.03. The first-order valence-corrected chi connectivity index (χ1v) is 8.41. The first-order chi connectivity index (χ1) is 11.0. The first kappa shape index (κ1) is 15.9. The van der Waals surface area contributed by atoms with Crippen LogP contribution in [-0.2, 0) is 6.54 Å². The Morgan fingerprint density at radius 1 is 1.26 bits per heavy atom. The van der Waals surface area contributed by atoms with Crippen LogP contribution in [-0.4, -0.2) is 25.9 Å². The van der Waals surface area contributed by atoms with E-state index in [-0.39, 0.29) is 11.6 Å². The molecule has 2 heterocycles. The number of rotatable bonds is 4. The smallest absolute Gasteiger partial charge is 0.278 e. The second-order valence-electron chi connectivity index (χ2n) is 5.04. The lowest BCUT2D eigenvalue weighted by molar-refractivity contribution is 0.102. The van der Waals surface area contributed by atoms with E-state index in [0.29, 0.717) is 21.4 Å². The van der Waals surface area contributed by atoms with Crippen LogP contribution in [0.1, 0.15) is 21.6 Å². The topological polar surface area (TPSA) is 75.6 Å². The molecule has 0 saturated heterocycles. The highest BCUT2D eigenvalue weighted by molar-refractivity contribution is 9.13. The van der Waals surface area contributed by atoms with E-state index in [4.69, 9.17) is 0 Å². The second kappa shape index (κ2) is 6.67. The number of hydrogen-bond donors (Lipinski definition) is 2. The van der Waals surface area contributed by atoms with E-state index >= 15 is 0 Å². The average Bonchev–Trinajstić information content (AvgIpc) is 3.09. The molecule has 0 unspecified atom stereocenters. The minimum Gasteiger partial charge on any atom is -0.304 e. The fourth-order valence-corrected chi connectivity index (χ4v) is 2.66. The van der Waals surface area contributed by atoms with Crippen molar-refractivity contribution in [3.63, 3.8) is 0 Å². The molecule has 8 heteroatoms. The van der Waals surface area contributed by atoms with Gasteiger partial charge in [0, 0.05) is 12.3 Å². The normalized spacial score (nSPS) is 10.7. The number of carbonyl (C=O) groups excluding carboxylic acids is 1. The SMILES string of the molecule is Cc1ccc(Cn2ccc(NC(=O)c3n[nH]c(Br)c3Br)n2)cc1. The monoisotopic (exact) mass is 437 g/mol. The van der Waals surface area contributed by atoms with E-state index in [1.807, 2.05) is 6.20 Å². The summed E-state index contributed by atoms with van der Waals surface area (Å²) in [7, 11) is 0. The molecule has 6 nitrogen and oxygen atoms in total. The van der Waals surface area contributed by atoms with Gasteiger partial charge in [0.25, 0.3) is 5.91 Å². The van der Waals surface area contributed by atoms with Crippen molar-refractivity contribution in [2.24, 2.45) is 0 Å². The molecule has 1 aromatic carbocycles.